The lowest BCUT2D eigenvalue weighted by molar-refractivity contribution is 0.140. The molecule has 1 aliphatic heterocycles. The number of anilines is 1. The van der Waals surface area contributed by atoms with Crippen molar-refractivity contribution < 1.29 is 4.74 Å². The molecule has 1 aromatic rings. The molecule has 0 spiro atoms. The van der Waals surface area contributed by atoms with Crippen molar-refractivity contribution in [2.24, 2.45) is 11.8 Å². The fourth-order valence-electron chi connectivity index (χ4n) is 3.48. The largest absolute Gasteiger partial charge is 0.494 e. The van der Waals surface area contributed by atoms with Gasteiger partial charge in [0.25, 0.3) is 0 Å². The van der Waals surface area contributed by atoms with Crippen LogP contribution in [-0.4, -0.2) is 42.8 Å². The molecule has 0 aliphatic carbocycles. The molecular formula is C19H31N3OS. The minimum Gasteiger partial charge on any atom is -0.494 e. The Hall–Kier alpha value is -1.33. The number of hydrogen-bond acceptors (Lipinski definition) is 3. The van der Waals surface area contributed by atoms with E-state index in [0.29, 0.717) is 11.7 Å². The predicted octanol–water partition coefficient (Wildman–Crippen LogP) is 3.74. The molecule has 1 aliphatic rings. The van der Waals surface area contributed by atoms with Crippen LogP contribution in [0.1, 0.15) is 33.6 Å². The summed E-state index contributed by atoms with van der Waals surface area (Å²) in [6, 6.07) is 7.88. The Kier molecular flexibility index (Phi) is 7.79. The van der Waals surface area contributed by atoms with E-state index in [1.54, 1.807) is 0 Å². The van der Waals surface area contributed by atoms with Gasteiger partial charge >= 0.3 is 0 Å². The molecule has 1 saturated heterocycles. The van der Waals surface area contributed by atoms with Crippen molar-refractivity contribution >= 4 is 23.0 Å². The third-order valence-electron chi connectivity index (χ3n) is 4.28. The van der Waals surface area contributed by atoms with Crippen LogP contribution in [0.2, 0.25) is 0 Å². The van der Waals surface area contributed by atoms with Crippen LogP contribution in [0.25, 0.3) is 0 Å². The highest BCUT2D eigenvalue weighted by atomic mass is 32.1. The van der Waals surface area contributed by atoms with Gasteiger partial charge in [0.1, 0.15) is 5.75 Å². The predicted molar refractivity (Wildman–Crippen MR) is 106 cm³/mol. The molecule has 0 aromatic heterocycles. The lowest BCUT2D eigenvalue weighted by Gasteiger charge is -2.35. The van der Waals surface area contributed by atoms with Gasteiger partial charge in [-0.05, 0) is 62.5 Å². The number of rotatable bonds is 7. The van der Waals surface area contributed by atoms with Crippen LogP contribution in [0.3, 0.4) is 0 Å². The Morgan fingerprint density at radius 2 is 2.04 bits per heavy atom. The average Bonchev–Trinajstić information content (AvgIpc) is 2.51. The number of piperidine rings is 1. The van der Waals surface area contributed by atoms with E-state index in [1.807, 2.05) is 31.2 Å². The SMILES string of the molecule is CCOc1cccc(NC(=S)NCCCN2C[C@@H](C)C[C@H](C)C2)c1. The first-order chi connectivity index (χ1) is 11.6. The van der Waals surface area contributed by atoms with Gasteiger partial charge in [0.05, 0.1) is 6.61 Å². The Bertz CT molecular complexity index is 513. The first kappa shape index (κ1) is 19.0. The molecule has 2 N–H and O–H groups in total. The van der Waals surface area contributed by atoms with E-state index in [-0.39, 0.29) is 0 Å². The Balaban J connectivity index is 1.65. The van der Waals surface area contributed by atoms with Crippen LogP contribution in [-0.2, 0) is 0 Å². The van der Waals surface area contributed by atoms with Crippen molar-refractivity contribution in [2.75, 3.05) is 38.1 Å². The van der Waals surface area contributed by atoms with Gasteiger partial charge in [-0.2, -0.15) is 0 Å². The normalized spacial score (nSPS) is 21.3. The second-order valence-corrected chi connectivity index (χ2v) is 7.31. The monoisotopic (exact) mass is 349 g/mol. The van der Waals surface area contributed by atoms with E-state index in [1.165, 1.54) is 19.5 Å². The lowest BCUT2D eigenvalue weighted by Crippen LogP contribution is -2.40. The Morgan fingerprint density at radius 3 is 2.75 bits per heavy atom. The summed E-state index contributed by atoms with van der Waals surface area (Å²) in [6.07, 6.45) is 2.48. The van der Waals surface area contributed by atoms with Crippen LogP contribution < -0.4 is 15.4 Å². The van der Waals surface area contributed by atoms with Crippen molar-refractivity contribution in [3.8, 4) is 5.75 Å². The van der Waals surface area contributed by atoms with Crippen LogP contribution >= 0.6 is 12.2 Å². The van der Waals surface area contributed by atoms with E-state index < -0.39 is 0 Å². The second-order valence-electron chi connectivity index (χ2n) is 6.90. The summed E-state index contributed by atoms with van der Waals surface area (Å²) in [5.74, 6) is 2.50. The zero-order valence-electron chi connectivity index (χ0n) is 15.2. The minimum atomic E-state index is 0.667. The Morgan fingerprint density at radius 1 is 1.29 bits per heavy atom. The van der Waals surface area contributed by atoms with Gasteiger partial charge in [0.2, 0.25) is 0 Å². The fraction of sp³-hybridized carbons (Fsp3) is 0.632. The average molecular weight is 350 g/mol. The second kappa shape index (κ2) is 9.84. The van der Waals surface area contributed by atoms with Gasteiger partial charge in [0.15, 0.2) is 5.11 Å². The minimum absolute atomic E-state index is 0.667. The first-order valence-electron chi connectivity index (χ1n) is 9.07. The molecule has 0 unspecified atom stereocenters. The molecule has 0 amide bonds. The Labute approximate surface area is 152 Å². The van der Waals surface area contributed by atoms with E-state index >= 15 is 0 Å². The van der Waals surface area contributed by atoms with Crippen molar-refractivity contribution in [3.63, 3.8) is 0 Å². The number of nitrogens with zero attached hydrogens (tertiary/aromatic N) is 1. The molecule has 134 valence electrons. The standard InChI is InChI=1S/C19H31N3OS/c1-4-23-18-8-5-7-17(12-18)21-19(24)20-9-6-10-22-13-15(2)11-16(3)14-22/h5,7-8,12,15-16H,4,6,9-11,13-14H2,1-3H3,(H2,20,21,24)/t15-,16-/m0/s1. The number of hydrogen-bond donors (Lipinski definition) is 2. The molecule has 0 radical (unpaired) electrons. The molecule has 24 heavy (non-hydrogen) atoms. The molecule has 1 heterocycles. The molecule has 1 aromatic carbocycles. The topological polar surface area (TPSA) is 36.5 Å². The summed E-state index contributed by atoms with van der Waals surface area (Å²) in [5.41, 5.74) is 0.956. The summed E-state index contributed by atoms with van der Waals surface area (Å²) in [7, 11) is 0. The van der Waals surface area contributed by atoms with Gasteiger partial charge in [-0.15, -0.1) is 0 Å². The summed E-state index contributed by atoms with van der Waals surface area (Å²) in [5, 5.41) is 7.19. The molecular weight excluding hydrogens is 318 g/mol. The third kappa shape index (κ3) is 6.65. The van der Waals surface area contributed by atoms with Crippen molar-refractivity contribution in [1.29, 1.82) is 0 Å². The zero-order chi connectivity index (χ0) is 17.4. The smallest absolute Gasteiger partial charge is 0.170 e. The van der Waals surface area contributed by atoms with Crippen molar-refractivity contribution in [2.45, 2.75) is 33.6 Å². The maximum Gasteiger partial charge on any atom is 0.170 e. The quantitative estimate of drug-likeness (QED) is 0.579. The molecule has 0 saturated carbocycles. The molecule has 5 heteroatoms. The van der Waals surface area contributed by atoms with E-state index in [4.69, 9.17) is 17.0 Å². The molecule has 2 atom stereocenters. The molecule has 1 fully saturated rings. The third-order valence-corrected chi connectivity index (χ3v) is 4.53. The van der Waals surface area contributed by atoms with Gasteiger partial charge in [-0.3, -0.25) is 0 Å². The fourth-order valence-corrected chi connectivity index (χ4v) is 3.70. The van der Waals surface area contributed by atoms with Crippen molar-refractivity contribution in [1.82, 2.24) is 10.2 Å². The van der Waals surface area contributed by atoms with Crippen LogP contribution in [0, 0.1) is 11.8 Å². The zero-order valence-corrected chi connectivity index (χ0v) is 16.0. The molecule has 0 bridgehead atoms. The first-order valence-corrected chi connectivity index (χ1v) is 9.47. The number of likely N-dealkylation sites (tertiary alicyclic amines) is 1. The molecule has 2 rings (SSSR count). The van der Waals surface area contributed by atoms with Gasteiger partial charge in [0, 0.05) is 31.4 Å². The highest BCUT2D eigenvalue weighted by molar-refractivity contribution is 7.80. The maximum absolute atomic E-state index is 5.50. The summed E-state index contributed by atoms with van der Waals surface area (Å²) < 4.78 is 5.50. The van der Waals surface area contributed by atoms with Crippen LogP contribution in [0.4, 0.5) is 5.69 Å². The van der Waals surface area contributed by atoms with Crippen molar-refractivity contribution in [3.05, 3.63) is 24.3 Å². The lowest BCUT2D eigenvalue weighted by atomic mass is 9.92. The summed E-state index contributed by atoms with van der Waals surface area (Å²) >= 11 is 5.37. The van der Waals surface area contributed by atoms with Gasteiger partial charge in [-0.25, -0.2) is 0 Å². The summed E-state index contributed by atoms with van der Waals surface area (Å²) in [4.78, 5) is 2.59. The van der Waals surface area contributed by atoms with E-state index in [0.717, 1.165) is 42.8 Å². The summed E-state index contributed by atoms with van der Waals surface area (Å²) in [6.45, 7) is 11.9. The van der Waals surface area contributed by atoms with E-state index in [9.17, 15) is 0 Å². The highest BCUT2D eigenvalue weighted by Gasteiger charge is 2.20. The maximum atomic E-state index is 5.50. The van der Waals surface area contributed by atoms with Crippen LogP contribution in [0.15, 0.2) is 24.3 Å². The number of nitrogens with one attached hydrogen (secondary N) is 2. The number of benzene rings is 1. The molecule has 4 nitrogen and oxygen atoms in total. The van der Waals surface area contributed by atoms with Gasteiger partial charge < -0.3 is 20.3 Å². The van der Waals surface area contributed by atoms with Crippen LogP contribution in [0.5, 0.6) is 5.75 Å². The van der Waals surface area contributed by atoms with Gasteiger partial charge in [-0.1, -0.05) is 19.9 Å². The highest BCUT2D eigenvalue weighted by Crippen LogP contribution is 2.20. The number of ether oxygens (including phenoxy) is 1. The number of thiocarbonyl (C=S) groups is 1. The van der Waals surface area contributed by atoms with E-state index in [2.05, 4.69) is 29.4 Å².